The highest BCUT2D eigenvalue weighted by molar-refractivity contribution is 7.91. The molecule has 0 spiro atoms. The Labute approximate surface area is 169 Å². The van der Waals surface area contributed by atoms with Gasteiger partial charge in [0.15, 0.2) is 15.6 Å². The first-order valence-electron chi connectivity index (χ1n) is 9.22. The zero-order chi connectivity index (χ0) is 20.1. The first kappa shape index (κ1) is 21.0. The number of nitrogens with zero attached hydrogens (tertiary/aromatic N) is 1. The Balaban J connectivity index is 1.64. The van der Waals surface area contributed by atoms with Gasteiger partial charge in [-0.15, -0.1) is 11.3 Å². The van der Waals surface area contributed by atoms with Crippen LogP contribution in [0.3, 0.4) is 0 Å². The number of para-hydroxylation sites is 1. The Morgan fingerprint density at radius 2 is 2.11 bits per heavy atom. The summed E-state index contributed by atoms with van der Waals surface area (Å²) in [6.07, 6.45) is -0.225. The largest absolute Gasteiger partial charge is 0.490 e. The van der Waals surface area contributed by atoms with Crippen LogP contribution in [0.5, 0.6) is 5.75 Å². The van der Waals surface area contributed by atoms with E-state index < -0.39 is 15.9 Å². The van der Waals surface area contributed by atoms with Crippen molar-refractivity contribution in [2.24, 2.45) is 0 Å². The molecule has 0 radical (unpaired) electrons. The van der Waals surface area contributed by atoms with Gasteiger partial charge >= 0.3 is 0 Å². The fraction of sp³-hybridized carbons (Fsp3) is 0.450. The molecule has 3 rings (SSSR count). The van der Waals surface area contributed by atoms with Gasteiger partial charge in [-0.2, -0.15) is 0 Å². The van der Waals surface area contributed by atoms with Crippen LogP contribution in [0.15, 0.2) is 41.8 Å². The Hall–Kier alpha value is -1.74. The number of aliphatic hydroxyl groups excluding tert-OH is 1. The van der Waals surface area contributed by atoms with Crippen LogP contribution in [0.25, 0.3) is 0 Å². The molecule has 0 bridgehead atoms. The van der Waals surface area contributed by atoms with E-state index in [-0.39, 0.29) is 29.9 Å². The Morgan fingerprint density at radius 3 is 2.75 bits per heavy atom. The van der Waals surface area contributed by atoms with Gasteiger partial charge in [0.05, 0.1) is 17.1 Å². The molecule has 2 heterocycles. The maximum Gasteiger partial charge on any atom is 0.163 e. The maximum atomic E-state index is 11.9. The third-order valence-corrected chi connectivity index (χ3v) is 7.42. The normalized spacial score (nSPS) is 19.6. The molecule has 1 fully saturated rings. The fourth-order valence-corrected chi connectivity index (χ4v) is 5.89. The Bertz CT molecular complexity index is 895. The Kier molecular flexibility index (Phi) is 6.87. The highest BCUT2D eigenvalue weighted by Gasteiger charge is 2.33. The molecule has 1 aliphatic heterocycles. The van der Waals surface area contributed by atoms with Crippen LogP contribution in [-0.2, 0) is 16.4 Å². The molecule has 1 aromatic carbocycles. The second kappa shape index (κ2) is 9.17. The third-order valence-electron chi connectivity index (χ3n) is 4.81. The number of carbonyl (C=O) groups excluding carboxylic acids is 1. The summed E-state index contributed by atoms with van der Waals surface area (Å²) in [5.41, 5.74) is 0.479. The van der Waals surface area contributed by atoms with E-state index in [2.05, 4.69) is 0 Å². The van der Waals surface area contributed by atoms with Crippen molar-refractivity contribution in [2.75, 3.05) is 24.7 Å². The van der Waals surface area contributed by atoms with Gasteiger partial charge in [0, 0.05) is 24.0 Å². The van der Waals surface area contributed by atoms with Gasteiger partial charge in [0.2, 0.25) is 0 Å². The predicted molar refractivity (Wildman–Crippen MR) is 110 cm³/mol. The molecule has 152 valence electrons. The summed E-state index contributed by atoms with van der Waals surface area (Å²) in [4.78, 5) is 14.8. The lowest BCUT2D eigenvalue weighted by molar-refractivity contribution is 0.0525. The summed E-state index contributed by atoms with van der Waals surface area (Å²) in [6, 6.07) is 10.8. The van der Waals surface area contributed by atoms with E-state index in [1.807, 2.05) is 22.4 Å². The highest BCUT2D eigenvalue weighted by Crippen LogP contribution is 2.23. The summed E-state index contributed by atoms with van der Waals surface area (Å²) in [6.45, 7) is 2.41. The lowest BCUT2D eigenvalue weighted by atomic mass is 10.1. The molecule has 2 aromatic rings. The van der Waals surface area contributed by atoms with Gasteiger partial charge < -0.3 is 9.84 Å². The van der Waals surface area contributed by atoms with E-state index in [1.165, 1.54) is 6.92 Å². The molecular formula is C20H25NO5S2. The van der Waals surface area contributed by atoms with E-state index in [9.17, 15) is 18.3 Å². The first-order chi connectivity index (χ1) is 13.3. The van der Waals surface area contributed by atoms with Crippen molar-refractivity contribution in [3.8, 4) is 5.75 Å². The van der Waals surface area contributed by atoms with Gasteiger partial charge in [0.1, 0.15) is 18.5 Å². The predicted octanol–water partition coefficient (Wildman–Crippen LogP) is 2.38. The zero-order valence-electron chi connectivity index (χ0n) is 15.8. The number of ketones is 1. The molecular weight excluding hydrogens is 398 g/mol. The molecule has 1 aromatic heterocycles. The Morgan fingerprint density at radius 1 is 1.32 bits per heavy atom. The van der Waals surface area contributed by atoms with Crippen molar-refractivity contribution in [2.45, 2.75) is 32.0 Å². The monoisotopic (exact) mass is 423 g/mol. The number of hydrogen-bond acceptors (Lipinski definition) is 7. The average Bonchev–Trinajstić information content (AvgIpc) is 3.28. The van der Waals surface area contributed by atoms with Crippen LogP contribution >= 0.6 is 11.3 Å². The zero-order valence-corrected chi connectivity index (χ0v) is 17.4. The molecule has 0 amide bonds. The van der Waals surface area contributed by atoms with Crippen molar-refractivity contribution in [3.05, 3.63) is 52.2 Å². The van der Waals surface area contributed by atoms with Crippen molar-refractivity contribution >= 4 is 27.0 Å². The molecule has 0 saturated carbocycles. The number of carbonyl (C=O) groups is 1. The molecule has 0 aliphatic carbocycles. The number of rotatable bonds is 9. The molecule has 2 unspecified atom stereocenters. The minimum atomic E-state index is -3.01. The molecule has 6 nitrogen and oxygen atoms in total. The molecule has 2 atom stereocenters. The summed E-state index contributed by atoms with van der Waals surface area (Å²) in [5.74, 6) is 0.666. The average molecular weight is 424 g/mol. The standard InChI is InChI=1S/C20H25NO5S2/c1-15(22)19-6-2-3-7-20(19)26-13-17(23)11-21(12-18-5-4-9-27-18)16-8-10-28(24,25)14-16/h2-7,9,16-17,23H,8,10-14H2,1H3. The van der Waals surface area contributed by atoms with Crippen LogP contribution in [-0.4, -0.2) is 61.0 Å². The number of Topliss-reactive ketones (excluding diaryl/α,β-unsaturated/α-hetero) is 1. The number of benzene rings is 1. The summed E-state index contributed by atoms with van der Waals surface area (Å²) in [7, 11) is -3.01. The molecule has 28 heavy (non-hydrogen) atoms. The lowest BCUT2D eigenvalue weighted by Crippen LogP contribution is -2.42. The molecule has 1 aliphatic rings. The topological polar surface area (TPSA) is 83.9 Å². The highest BCUT2D eigenvalue weighted by atomic mass is 32.2. The summed E-state index contributed by atoms with van der Waals surface area (Å²) < 4.78 is 29.5. The molecule has 1 saturated heterocycles. The van der Waals surface area contributed by atoms with Crippen LogP contribution in [0, 0.1) is 0 Å². The molecule has 1 N–H and O–H groups in total. The van der Waals surface area contributed by atoms with Gasteiger partial charge in [-0.05, 0) is 36.9 Å². The van der Waals surface area contributed by atoms with E-state index >= 15 is 0 Å². The number of ether oxygens (including phenoxy) is 1. The minimum absolute atomic E-state index is 0.0324. The van der Waals surface area contributed by atoms with Crippen LogP contribution < -0.4 is 4.74 Å². The van der Waals surface area contributed by atoms with Crippen molar-refractivity contribution < 1.29 is 23.1 Å². The summed E-state index contributed by atoms with van der Waals surface area (Å²) >= 11 is 1.61. The fourth-order valence-electron chi connectivity index (χ4n) is 3.40. The minimum Gasteiger partial charge on any atom is -0.490 e. The van der Waals surface area contributed by atoms with E-state index in [1.54, 1.807) is 35.6 Å². The van der Waals surface area contributed by atoms with Crippen LogP contribution in [0.4, 0.5) is 0 Å². The van der Waals surface area contributed by atoms with Crippen molar-refractivity contribution in [3.63, 3.8) is 0 Å². The van der Waals surface area contributed by atoms with Crippen molar-refractivity contribution in [1.29, 1.82) is 0 Å². The maximum absolute atomic E-state index is 11.9. The second-order valence-electron chi connectivity index (χ2n) is 7.08. The first-order valence-corrected chi connectivity index (χ1v) is 11.9. The van der Waals surface area contributed by atoms with E-state index in [0.29, 0.717) is 30.8 Å². The molecule has 8 heteroatoms. The number of thiophene rings is 1. The van der Waals surface area contributed by atoms with Gasteiger partial charge in [-0.25, -0.2) is 8.42 Å². The second-order valence-corrected chi connectivity index (χ2v) is 10.3. The quantitative estimate of drug-likeness (QED) is 0.624. The summed E-state index contributed by atoms with van der Waals surface area (Å²) in [5, 5.41) is 12.5. The number of hydrogen-bond donors (Lipinski definition) is 1. The number of aliphatic hydroxyl groups is 1. The van der Waals surface area contributed by atoms with Gasteiger partial charge in [-0.3, -0.25) is 9.69 Å². The smallest absolute Gasteiger partial charge is 0.163 e. The SMILES string of the molecule is CC(=O)c1ccccc1OCC(O)CN(Cc1cccs1)C1CCS(=O)(=O)C1. The van der Waals surface area contributed by atoms with Crippen LogP contribution in [0.2, 0.25) is 0 Å². The lowest BCUT2D eigenvalue weighted by Gasteiger charge is -2.29. The van der Waals surface area contributed by atoms with Gasteiger partial charge in [-0.1, -0.05) is 18.2 Å². The van der Waals surface area contributed by atoms with E-state index in [4.69, 9.17) is 4.74 Å². The van der Waals surface area contributed by atoms with E-state index in [0.717, 1.165) is 4.88 Å². The van der Waals surface area contributed by atoms with Gasteiger partial charge in [0.25, 0.3) is 0 Å². The van der Waals surface area contributed by atoms with Crippen molar-refractivity contribution in [1.82, 2.24) is 4.90 Å². The third kappa shape index (κ3) is 5.64. The van der Waals surface area contributed by atoms with Crippen LogP contribution in [0.1, 0.15) is 28.6 Å². The number of sulfone groups is 1.